The van der Waals surface area contributed by atoms with Crippen molar-refractivity contribution in [2.75, 3.05) is 13.1 Å². The summed E-state index contributed by atoms with van der Waals surface area (Å²) in [6, 6.07) is 19.5. The SMILES string of the molecule is O=C(C1c2ccccc2Oc2ccccc21)N1CCCC(c2nc(-c3cccnc3)n[nH]2)C1. The molecule has 1 N–H and O–H groups in total. The molecule has 1 unspecified atom stereocenters. The highest BCUT2D eigenvalue weighted by molar-refractivity contribution is 5.89. The second-order valence-corrected chi connectivity index (χ2v) is 8.52. The maximum Gasteiger partial charge on any atom is 0.234 e. The van der Waals surface area contributed by atoms with Crippen molar-refractivity contribution in [2.45, 2.75) is 24.7 Å². The first-order valence-electron chi connectivity index (χ1n) is 11.2. The average Bonchev–Trinajstić information content (AvgIpc) is 3.38. The van der Waals surface area contributed by atoms with Gasteiger partial charge in [0.1, 0.15) is 17.3 Å². The molecule has 164 valence electrons. The van der Waals surface area contributed by atoms with Gasteiger partial charge in [-0.15, -0.1) is 0 Å². The number of likely N-dealkylation sites (tertiary alicyclic amines) is 1. The molecule has 0 aliphatic carbocycles. The number of benzene rings is 2. The van der Waals surface area contributed by atoms with Gasteiger partial charge in [0.25, 0.3) is 0 Å². The Morgan fingerprint density at radius 1 is 1.00 bits per heavy atom. The Hall–Kier alpha value is -4.00. The predicted molar refractivity (Wildman–Crippen MR) is 123 cm³/mol. The Bertz CT molecular complexity index is 1260. The summed E-state index contributed by atoms with van der Waals surface area (Å²) >= 11 is 0. The van der Waals surface area contributed by atoms with Gasteiger partial charge in [0.15, 0.2) is 5.82 Å². The minimum atomic E-state index is -0.370. The second kappa shape index (κ2) is 8.16. The number of hydrogen-bond acceptors (Lipinski definition) is 5. The summed E-state index contributed by atoms with van der Waals surface area (Å²) in [5.41, 5.74) is 2.71. The third kappa shape index (κ3) is 3.55. The molecule has 0 saturated carbocycles. The van der Waals surface area contributed by atoms with E-state index in [-0.39, 0.29) is 17.7 Å². The molecular weight excluding hydrogens is 414 g/mol. The number of nitrogens with zero attached hydrogens (tertiary/aromatic N) is 4. The van der Waals surface area contributed by atoms with Gasteiger partial charge in [-0.05, 0) is 37.1 Å². The average molecular weight is 438 g/mol. The molecule has 2 aliphatic rings. The van der Waals surface area contributed by atoms with E-state index >= 15 is 0 Å². The number of amides is 1. The monoisotopic (exact) mass is 437 g/mol. The fourth-order valence-corrected chi connectivity index (χ4v) is 4.84. The highest BCUT2D eigenvalue weighted by Gasteiger charge is 2.37. The maximum absolute atomic E-state index is 13.9. The van der Waals surface area contributed by atoms with Crippen LogP contribution in [0.4, 0.5) is 0 Å². The van der Waals surface area contributed by atoms with E-state index in [9.17, 15) is 4.79 Å². The van der Waals surface area contributed by atoms with Gasteiger partial charge in [-0.3, -0.25) is 14.9 Å². The molecule has 0 spiro atoms. The molecule has 7 heteroatoms. The van der Waals surface area contributed by atoms with Gasteiger partial charge in [-0.2, -0.15) is 5.10 Å². The number of para-hydroxylation sites is 2. The zero-order chi connectivity index (χ0) is 22.2. The standard InChI is InChI=1S/C26H23N5O2/c32-26(23-19-9-1-3-11-21(19)33-22-12-4-2-10-20(22)23)31-14-6-8-18(16-31)25-28-24(29-30-25)17-7-5-13-27-15-17/h1-5,7,9-13,15,18,23H,6,8,14,16H2,(H,28,29,30). The van der Waals surface area contributed by atoms with Gasteiger partial charge in [-0.25, -0.2) is 4.98 Å². The third-order valence-corrected chi connectivity index (χ3v) is 6.47. The summed E-state index contributed by atoms with van der Waals surface area (Å²) in [6.45, 7) is 1.35. The number of H-pyrrole nitrogens is 1. The lowest BCUT2D eigenvalue weighted by Crippen LogP contribution is -2.42. The van der Waals surface area contributed by atoms with Crippen LogP contribution in [-0.4, -0.2) is 44.1 Å². The van der Waals surface area contributed by atoms with Gasteiger partial charge in [0, 0.05) is 48.1 Å². The maximum atomic E-state index is 13.9. The fraction of sp³-hybridized carbons (Fsp3) is 0.231. The van der Waals surface area contributed by atoms with Crippen molar-refractivity contribution in [1.29, 1.82) is 0 Å². The Morgan fingerprint density at radius 2 is 1.76 bits per heavy atom. The van der Waals surface area contributed by atoms with Crippen LogP contribution in [0, 0.1) is 0 Å². The number of fused-ring (bicyclic) bond motifs is 2. The lowest BCUT2D eigenvalue weighted by molar-refractivity contribution is -0.133. The van der Waals surface area contributed by atoms with Crippen LogP contribution in [0.3, 0.4) is 0 Å². The number of hydrogen-bond donors (Lipinski definition) is 1. The Morgan fingerprint density at radius 3 is 2.48 bits per heavy atom. The van der Waals surface area contributed by atoms with Crippen molar-refractivity contribution in [2.24, 2.45) is 0 Å². The van der Waals surface area contributed by atoms with E-state index in [2.05, 4.69) is 15.2 Å². The lowest BCUT2D eigenvalue weighted by atomic mass is 9.85. The molecule has 1 saturated heterocycles. The van der Waals surface area contributed by atoms with Crippen molar-refractivity contribution >= 4 is 5.91 Å². The Labute approximate surface area is 191 Å². The molecule has 33 heavy (non-hydrogen) atoms. The van der Waals surface area contributed by atoms with Crippen molar-refractivity contribution < 1.29 is 9.53 Å². The van der Waals surface area contributed by atoms with Crippen LogP contribution in [0.2, 0.25) is 0 Å². The second-order valence-electron chi connectivity index (χ2n) is 8.52. The third-order valence-electron chi connectivity index (χ3n) is 6.47. The normalized spacial score (nSPS) is 17.7. The minimum absolute atomic E-state index is 0.106. The van der Waals surface area contributed by atoms with Crippen molar-refractivity contribution in [1.82, 2.24) is 25.1 Å². The van der Waals surface area contributed by atoms with Gasteiger partial charge in [-0.1, -0.05) is 36.4 Å². The number of aromatic nitrogens is 4. The number of rotatable bonds is 3. The molecule has 1 fully saturated rings. The number of ether oxygens (including phenoxy) is 1. The minimum Gasteiger partial charge on any atom is -0.457 e. The number of nitrogens with one attached hydrogen (secondary N) is 1. The van der Waals surface area contributed by atoms with E-state index in [1.165, 1.54) is 0 Å². The smallest absolute Gasteiger partial charge is 0.234 e. The number of pyridine rings is 1. The number of aromatic amines is 1. The lowest BCUT2D eigenvalue weighted by Gasteiger charge is -2.36. The molecule has 4 aromatic rings. The van der Waals surface area contributed by atoms with Crippen LogP contribution in [0.25, 0.3) is 11.4 Å². The van der Waals surface area contributed by atoms with Crippen LogP contribution < -0.4 is 4.74 Å². The summed E-state index contributed by atoms with van der Waals surface area (Å²) in [6.07, 6.45) is 5.37. The van der Waals surface area contributed by atoms with E-state index in [0.29, 0.717) is 12.4 Å². The topological polar surface area (TPSA) is 84.0 Å². The first-order valence-corrected chi connectivity index (χ1v) is 11.2. The molecule has 2 aromatic carbocycles. The van der Waals surface area contributed by atoms with Crippen molar-refractivity contribution in [3.05, 3.63) is 90.0 Å². The summed E-state index contributed by atoms with van der Waals surface area (Å²) in [5, 5.41) is 7.48. The molecule has 0 radical (unpaired) electrons. The van der Waals surface area contributed by atoms with E-state index in [1.54, 1.807) is 12.4 Å². The Balaban J connectivity index is 1.28. The van der Waals surface area contributed by atoms with Crippen molar-refractivity contribution in [3.8, 4) is 22.9 Å². The molecule has 1 amide bonds. The van der Waals surface area contributed by atoms with Crippen molar-refractivity contribution in [3.63, 3.8) is 0 Å². The number of carbonyl (C=O) groups is 1. The van der Waals surface area contributed by atoms with Crippen LogP contribution >= 0.6 is 0 Å². The van der Waals surface area contributed by atoms with Gasteiger partial charge >= 0.3 is 0 Å². The van der Waals surface area contributed by atoms with Gasteiger partial charge < -0.3 is 9.64 Å². The van der Waals surface area contributed by atoms with E-state index in [1.807, 2.05) is 65.6 Å². The number of carbonyl (C=O) groups excluding carboxylic acids is 1. The number of piperidine rings is 1. The summed E-state index contributed by atoms with van der Waals surface area (Å²) in [7, 11) is 0. The van der Waals surface area contributed by atoms with Gasteiger partial charge in [0.05, 0.1) is 5.92 Å². The molecule has 1 atom stereocenters. The molecule has 4 heterocycles. The molecule has 0 bridgehead atoms. The van der Waals surface area contributed by atoms with E-state index in [4.69, 9.17) is 9.72 Å². The predicted octanol–water partition coefficient (Wildman–Crippen LogP) is 4.51. The highest BCUT2D eigenvalue weighted by atomic mass is 16.5. The highest BCUT2D eigenvalue weighted by Crippen LogP contribution is 2.45. The van der Waals surface area contributed by atoms with Crippen LogP contribution in [0.15, 0.2) is 73.1 Å². The van der Waals surface area contributed by atoms with Crippen LogP contribution in [0.5, 0.6) is 11.5 Å². The Kier molecular flexibility index (Phi) is 4.87. The summed E-state index contributed by atoms with van der Waals surface area (Å²) < 4.78 is 6.08. The molecular formula is C26H23N5O2. The molecule has 2 aromatic heterocycles. The molecule has 7 nitrogen and oxygen atoms in total. The quantitative estimate of drug-likeness (QED) is 0.510. The summed E-state index contributed by atoms with van der Waals surface area (Å²) in [5.74, 6) is 2.80. The zero-order valence-electron chi connectivity index (χ0n) is 18.0. The van der Waals surface area contributed by atoms with Gasteiger partial charge in [0.2, 0.25) is 5.91 Å². The fourth-order valence-electron chi connectivity index (χ4n) is 4.84. The molecule has 2 aliphatic heterocycles. The van der Waals surface area contributed by atoms with E-state index < -0.39 is 0 Å². The van der Waals surface area contributed by atoms with Crippen LogP contribution in [0.1, 0.15) is 41.6 Å². The van der Waals surface area contributed by atoms with E-state index in [0.717, 1.165) is 53.4 Å². The zero-order valence-corrected chi connectivity index (χ0v) is 18.0. The van der Waals surface area contributed by atoms with Crippen LogP contribution in [-0.2, 0) is 4.79 Å². The first-order chi connectivity index (χ1) is 16.3. The first kappa shape index (κ1) is 19.7. The summed E-state index contributed by atoms with van der Waals surface area (Å²) in [4.78, 5) is 24.7. The largest absolute Gasteiger partial charge is 0.457 e. The molecule has 6 rings (SSSR count).